The zero-order valence-electron chi connectivity index (χ0n) is 25.0. The molecule has 2 rings (SSSR count). The maximum absolute atomic E-state index is 11.4. The zero-order chi connectivity index (χ0) is 29.6. The number of allylic oxidation sites excluding steroid dienone is 2. The van der Waals surface area contributed by atoms with Crippen LogP contribution in [-0.2, 0) is 4.74 Å². The first-order valence-corrected chi connectivity index (χ1v) is 15.7. The maximum Gasteiger partial charge on any atom is 0.335 e. The van der Waals surface area contributed by atoms with E-state index in [1.807, 2.05) is 18.2 Å². The number of carboxylic acid groups (broad SMARTS) is 2. The number of hydrogen-bond donors (Lipinski definition) is 2. The molecule has 6 nitrogen and oxygen atoms in total. The summed E-state index contributed by atoms with van der Waals surface area (Å²) in [5, 5.41) is 18.7. The van der Waals surface area contributed by atoms with Gasteiger partial charge < -0.3 is 19.7 Å². The summed E-state index contributed by atoms with van der Waals surface area (Å²) >= 11 is 0. The molecule has 0 heterocycles. The lowest BCUT2D eigenvalue weighted by Gasteiger charge is -2.27. The van der Waals surface area contributed by atoms with Crippen molar-refractivity contribution in [2.24, 2.45) is 0 Å². The molecule has 0 fully saturated rings. The van der Waals surface area contributed by atoms with Crippen molar-refractivity contribution in [2.45, 2.75) is 122 Å². The van der Waals surface area contributed by atoms with Gasteiger partial charge in [-0.15, -0.1) is 0 Å². The molecule has 0 radical (unpaired) electrons. The fraction of sp³-hybridized carbons (Fsp3) is 0.600. The van der Waals surface area contributed by atoms with Crippen LogP contribution in [0.15, 0.2) is 42.5 Å². The van der Waals surface area contributed by atoms with E-state index in [4.69, 9.17) is 9.47 Å². The van der Waals surface area contributed by atoms with Crippen molar-refractivity contribution in [3.05, 3.63) is 53.6 Å². The molecule has 1 aliphatic carbocycles. The van der Waals surface area contributed by atoms with E-state index in [1.54, 1.807) is 6.08 Å². The number of aromatic carboxylic acids is 2. The molecule has 226 valence electrons. The molecule has 0 amide bonds. The molecule has 0 spiro atoms. The van der Waals surface area contributed by atoms with E-state index in [9.17, 15) is 19.8 Å². The number of unbranched alkanes of at least 4 members (excludes halogenated alkanes) is 15. The molecule has 2 N–H and O–H groups in total. The van der Waals surface area contributed by atoms with Gasteiger partial charge in [-0.3, -0.25) is 0 Å². The van der Waals surface area contributed by atoms with Gasteiger partial charge >= 0.3 is 11.9 Å². The number of carbonyl (C=O) groups is 2. The molecule has 6 heteroatoms. The first-order valence-electron chi connectivity index (χ1n) is 15.7. The number of carboxylic acids is 2. The summed E-state index contributed by atoms with van der Waals surface area (Å²) in [7, 11) is 0. The largest absolute Gasteiger partial charge is 0.478 e. The minimum Gasteiger partial charge on any atom is -0.478 e. The molecule has 0 saturated heterocycles. The van der Waals surface area contributed by atoms with Crippen molar-refractivity contribution in [1.82, 2.24) is 0 Å². The Morgan fingerprint density at radius 2 is 1.27 bits per heavy atom. The Labute approximate surface area is 247 Å². The van der Waals surface area contributed by atoms with Gasteiger partial charge in [0.1, 0.15) is 12.4 Å². The average Bonchev–Trinajstić information content (AvgIpc) is 2.96. The van der Waals surface area contributed by atoms with Crippen molar-refractivity contribution in [2.75, 3.05) is 13.2 Å². The fourth-order valence-corrected chi connectivity index (χ4v) is 4.97. The van der Waals surface area contributed by atoms with Crippen LogP contribution < -0.4 is 4.74 Å². The van der Waals surface area contributed by atoms with Gasteiger partial charge in [-0.1, -0.05) is 127 Å². The third-order valence-corrected chi connectivity index (χ3v) is 7.35. The third kappa shape index (κ3) is 15.0. The molecule has 41 heavy (non-hydrogen) atoms. The van der Waals surface area contributed by atoms with Gasteiger partial charge in [0.2, 0.25) is 0 Å². The summed E-state index contributed by atoms with van der Waals surface area (Å²) in [5.41, 5.74) is -1.32. The maximum atomic E-state index is 11.4. The predicted octanol–water partition coefficient (Wildman–Crippen LogP) is 9.00. The monoisotopic (exact) mass is 566 g/mol. The Hall–Kier alpha value is -3.04. The highest BCUT2D eigenvalue weighted by atomic mass is 16.5. The summed E-state index contributed by atoms with van der Waals surface area (Å²) in [6.45, 7) is 3.21. The Morgan fingerprint density at radius 3 is 1.73 bits per heavy atom. The average molecular weight is 567 g/mol. The van der Waals surface area contributed by atoms with Crippen LogP contribution >= 0.6 is 0 Å². The van der Waals surface area contributed by atoms with E-state index in [1.165, 1.54) is 102 Å². The second kappa shape index (κ2) is 20.8. The Balaban J connectivity index is 1.59. The fourth-order valence-electron chi connectivity index (χ4n) is 4.97. The van der Waals surface area contributed by atoms with Crippen LogP contribution in [0.1, 0.15) is 137 Å². The van der Waals surface area contributed by atoms with Gasteiger partial charge in [0.15, 0.2) is 5.60 Å². The zero-order valence-corrected chi connectivity index (χ0v) is 25.0. The molecule has 1 aromatic carbocycles. The SMILES string of the molecule is CCCCCCCCCCCCCCCCCCOCC#CC1(Oc2cc(C(=O)O)cc(C(=O)O)c2)C=CC=CC1. The quantitative estimate of drug-likeness (QED) is 0.107. The molecule has 1 atom stereocenters. The second-order valence-electron chi connectivity index (χ2n) is 11.0. The normalized spacial score (nSPS) is 15.8. The van der Waals surface area contributed by atoms with Crippen LogP contribution in [0.5, 0.6) is 5.75 Å². The summed E-state index contributed by atoms with van der Waals surface area (Å²) in [5.74, 6) is 3.84. The highest BCUT2D eigenvalue weighted by Crippen LogP contribution is 2.28. The summed E-state index contributed by atoms with van der Waals surface area (Å²) in [6, 6.07) is 3.75. The first-order chi connectivity index (χ1) is 20.0. The van der Waals surface area contributed by atoms with E-state index < -0.39 is 17.5 Å². The molecule has 0 bridgehead atoms. The Bertz CT molecular complexity index is 999. The van der Waals surface area contributed by atoms with Crippen molar-refractivity contribution in [3.63, 3.8) is 0 Å². The number of ether oxygens (including phenoxy) is 2. The van der Waals surface area contributed by atoms with E-state index in [0.29, 0.717) is 13.0 Å². The van der Waals surface area contributed by atoms with Crippen LogP contribution in [0, 0.1) is 11.8 Å². The third-order valence-electron chi connectivity index (χ3n) is 7.35. The Kier molecular flexibility index (Phi) is 17.3. The smallest absolute Gasteiger partial charge is 0.335 e. The lowest BCUT2D eigenvalue weighted by molar-refractivity contribution is 0.0695. The van der Waals surface area contributed by atoms with E-state index in [-0.39, 0.29) is 23.5 Å². The van der Waals surface area contributed by atoms with Crippen LogP contribution in [0.4, 0.5) is 0 Å². The highest BCUT2D eigenvalue weighted by molar-refractivity contribution is 5.94. The number of hydrogen-bond acceptors (Lipinski definition) is 4. The van der Waals surface area contributed by atoms with Gasteiger partial charge in [-0.05, 0) is 36.6 Å². The first kappa shape index (κ1) is 34.2. The predicted molar refractivity (Wildman–Crippen MR) is 165 cm³/mol. The lowest BCUT2D eigenvalue weighted by atomic mass is 9.95. The van der Waals surface area contributed by atoms with Gasteiger partial charge in [0.05, 0.1) is 11.1 Å². The lowest BCUT2D eigenvalue weighted by Crippen LogP contribution is -2.32. The van der Waals surface area contributed by atoms with E-state index >= 15 is 0 Å². The minimum atomic E-state index is -1.22. The summed E-state index contributed by atoms with van der Waals surface area (Å²) in [4.78, 5) is 22.9. The van der Waals surface area contributed by atoms with E-state index in [0.717, 1.165) is 18.9 Å². The number of benzene rings is 1. The molecule has 0 aromatic heterocycles. The molecular formula is C35H50O6. The molecule has 0 saturated carbocycles. The van der Waals surface area contributed by atoms with Crippen LogP contribution in [0.2, 0.25) is 0 Å². The molecule has 1 aliphatic rings. The van der Waals surface area contributed by atoms with E-state index in [2.05, 4.69) is 18.8 Å². The molecular weight excluding hydrogens is 516 g/mol. The van der Waals surface area contributed by atoms with Gasteiger partial charge in [0, 0.05) is 13.0 Å². The van der Waals surface area contributed by atoms with Gasteiger partial charge in [0.25, 0.3) is 0 Å². The van der Waals surface area contributed by atoms with Gasteiger partial charge in [-0.25, -0.2) is 9.59 Å². The topological polar surface area (TPSA) is 93.1 Å². The standard InChI is InChI=1S/C35H50O6/c1-2-3-4-5-6-7-8-9-10-11-12-13-14-15-16-20-25-40-26-21-24-35(22-18-17-19-23-35)41-32-28-30(33(36)37)27-31(29-32)34(38)39/h17-19,22,27-29H,2-16,20,23,25-26H2,1H3,(H,36,37)(H,38,39). The summed E-state index contributed by atoms with van der Waals surface area (Å²) < 4.78 is 11.8. The van der Waals surface area contributed by atoms with Gasteiger partial charge in [-0.2, -0.15) is 0 Å². The van der Waals surface area contributed by atoms with Crippen LogP contribution in [0.3, 0.4) is 0 Å². The molecule has 1 aromatic rings. The second-order valence-corrected chi connectivity index (χ2v) is 11.0. The van der Waals surface area contributed by atoms with Crippen molar-refractivity contribution < 1.29 is 29.3 Å². The Morgan fingerprint density at radius 1 is 0.756 bits per heavy atom. The van der Waals surface area contributed by atoms with Crippen LogP contribution in [0.25, 0.3) is 0 Å². The molecule has 0 aliphatic heterocycles. The van der Waals surface area contributed by atoms with Crippen LogP contribution in [-0.4, -0.2) is 41.0 Å². The molecule has 1 unspecified atom stereocenters. The summed E-state index contributed by atoms with van der Waals surface area (Å²) in [6.07, 6.45) is 29.2. The number of rotatable bonds is 22. The van der Waals surface area contributed by atoms with Crippen molar-refractivity contribution in [3.8, 4) is 17.6 Å². The van der Waals surface area contributed by atoms with Crippen molar-refractivity contribution >= 4 is 11.9 Å². The highest BCUT2D eigenvalue weighted by Gasteiger charge is 2.28. The minimum absolute atomic E-state index is 0.144. The van der Waals surface area contributed by atoms with Crippen molar-refractivity contribution in [1.29, 1.82) is 0 Å².